The van der Waals surface area contributed by atoms with Crippen LogP contribution in [-0.2, 0) is 6.42 Å². The van der Waals surface area contributed by atoms with Crippen LogP contribution in [0.25, 0.3) is 0 Å². The lowest BCUT2D eigenvalue weighted by atomic mass is 9.92. The molecule has 0 heterocycles. The van der Waals surface area contributed by atoms with Gasteiger partial charge in [0.15, 0.2) is 0 Å². The lowest BCUT2D eigenvalue weighted by Crippen LogP contribution is -2.16. The predicted molar refractivity (Wildman–Crippen MR) is 94.2 cm³/mol. The van der Waals surface area contributed by atoms with E-state index in [1.165, 1.54) is 0 Å². The summed E-state index contributed by atoms with van der Waals surface area (Å²) >= 11 is 12.6. The van der Waals surface area contributed by atoms with Crippen LogP contribution in [0.3, 0.4) is 0 Å². The van der Waals surface area contributed by atoms with Gasteiger partial charge in [0.25, 0.3) is 0 Å². The molecule has 2 nitrogen and oxygen atoms in total. The van der Waals surface area contributed by atoms with Crippen molar-refractivity contribution in [3.8, 4) is 5.75 Å². The quantitative estimate of drug-likeness (QED) is 0.798. The molecule has 2 aromatic rings. The van der Waals surface area contributed by atoms with Crippen LogP contribution < -0.4 is 10.5 Å². The molecule has 2 N–H and O–H groups in total. The highest BCUT2D eigenvalue weighted by Gasteiger charge is 2.17. The highest BCUT2D eigenvalue weighted by atomic mass is 35.5. The maximum absolute atomic E-state index is 6.30. The second kappa shape index (κ2) is 7.87. The average Bonchev–Trinajstić information content (AvgIpc) is 2.45. The first-order valence-electron chi connectivity index (χ1n) is 7.40. The Morgan fingerprint density at radius 2 is 1.68 bits per heavy atom. The SMILES string of the molecule is CC(C)Oc1cccc(CC(CN)c2c(Cl)cccc2Cl)c1. The van der Waals surface area contributed by atoms with Crippen molar-refractivity contribution in [1.29, 1.82) is 0 Å². The molecule has 4 heteroatoms. The fraction of sp³-hybridized carbons (Fsp3) is 0.333. The fourth-order valence-electron chi connectivity index (χ4n) is 2.51. The van der Waals surface area contributed by atoms with Gasteiger partial charge in [0.05, 0.1) is 6.10 Å². The van der Waals surface area contributed by atoms with Crippen LogP contribution in [0.5, 0.6) is 5.75 Å². The van der Waals surface area contributed by atoms with Crippen LogP contribution in [0, 0.1) is 0 Å². The van der Waals surface area contributed by atoms with Gasteiger partial charge in [-0.3, -0.25) is 0 Å². The number of hydrogen-bond donors (Lipinski definition) is 1. The van der Waals surface area contributed by atoms with E-state index >= 15 is 0 Å². The first-order chi connectivity index (χ1) is 10.5. The number of ether oxygens (including phenoxy) is 1. The van der Waals surface area contributed by atoms with E-state index in [2.05, 4.69) is 6.07 Å². The summed E-state index contributed by atoms with van der Waals surface area (Å²) in [5, 5.41) is 1.33. The molecule has 0 radical (unpaired) electrons. The molecule has 22 heavy (non-hydrogen) atoms. The molecule has 0 aliphatic rings. The zero-order valence-corrected chi connectivity index (χ0v) is 14.4. The van der Waals surface area contributed by atoms with Gasteiger partial charge in [-0.1, -0.05) is 41.4 Å². The van der Waals surface area contributed by atoms with Crippen molar-refractivity contribution in [1.82, 2.24) is 0 Å². The Hall–Kier alpha value is -1.22. The van der Waals surface area contributed by atoms with Gasteiger partial charge < -0.3 is 10.5 Å². The summed E-state index contributed by atoms with van der Waals surface area (Å²) < 4.78 is 5.74. The highest BCUT2D eigenvalue weighted by Crippen LogP contribution is 2.33. The minimum Gasteiger partial charge on any atom is -0.491 e. The fourth-order valence-corrected chi connectivity index (χ4v) is 3.21. The number of rotatable bonds is 6. The molecule has 0 aliphatic heterocycles. The molecule has 118 valence electrons. The number of nitrogens with two attached hydrogens (primary N) is 1. The molecule has 0 spiro atoms. The monoisotopic (exact) mass is 337 g/mol. The van der Waals surface area contributed by atoms with Crippen LogP contribution in [0.4, 0.5) is 0 Å². The van der Waals surface area contributed by atoms with E-state index in [1.807, 2.05) is 50.2 Å². The molecule has 0 bridgehead atoms. The van der Waals surface area contributed by atoms with Crippen LogP contribution >= 0.6 is 23.2 Å². The van der Waals surface area contributed by atoms with E-state index in [-0.39, 0.29) is 12.0 Å². The van der Waals surface area contributed by atoms with Crippen molar-refractivity contribution in [2.45, 2.75) is 32.3 Å². The smallest absolute Gasteiger partial charge is 0.119 e. The van der Waals surface area contributed by atoms with Gasteiger partial charge in [0.1, 0.15) is 5.75 Å². The highest BCUT2D eigenvalue weighted by molar-refractivity contribution is 6.36. The largest absolute Gasteiger partial charge is 0.491 e. The van der Waals surface area contributed by atoms with Crippen molar-refractivity contribution in [3.05, 3.63) is 63.6 Å². The van der Waals surface area contributed by atoms with E-state index in [0.717, 1.165) is 23.3 Å². The second-order valence-electron chi connectivity index (χ2n) is 5.59. The maximum Gasteiger partial charge on any atom is 0.119 e. The van der Waals surface area contributed by atoms with E-state index in [9.17, 15) is 0 Å². The second-order valence-corrected chi connectivity index (χ2v) is 6.40. The zero-order chi connectivity index (χ0) is 16.1. The Morgan fingerprint density at radius 1 is 1.05 bits per heavy atom. The van der Waals surface area contributed by atoms with Gasteiger partial charge in [-0.25, -0.2) is 0 Å². The summed E-state index contributed by atoms with van der Waals surface area (Å²) in [5.74, 6) is 0.948. The molecular formula is C18H21Cl2NO. The third-order valence-corrected chi connectivity index (χ3v) is 4.10. The molecule has 0 fully saturated rings. The number of hydrogen-bond acceptors (Lipinski definition) is 2. The predicted octanol–water partition coefficient (Wildman–Crippen LogP) is 5.07. The Bertz CT molecular complexity index is 608. The summed E-state index contributed by atoms with van der Waals surface area (Å²) in [5.41, 5.74) is 8.04. The molecule has 0 saturated carbocycles. The Morgan fingerprint density at radius 3 is 2.27 bits per heavy atom. The third-order valence-electron chi connectivity index (χ3n) is 3.44. The van der Waals surface area contributed by atoms with Gasteiger partial charge in [0, 0.05) is 16.0 Å². The van der Waals surface area contributed by atoms with Gasteiger partial charge >= 0.3 is 0 Å². The van der Waals surface area contributed by atoms with Gasteiger partial charge in [0.2, 0.25) is 0 Å². The van der Waals surface area contributed by atoms with Crippen molar-refractivity contribution >= 4 is 23.2 Å². The molecule has 2 rings (SSSR count). The lowest BCUT2D eigenvalue weighted by Gasteiger charge is -2.19. The normalized spacial score (nSPS) is 12.5. The molecule has 2 aromatic carbocycles. The zero-order valence-electron chi connectivity index (χ0n) is 12.9. The third kappa shape index (κ3) is 4.39. The van der Waals surface area contributed by atoms with Crippen LogP contribution in [0.15, 0.2) is 42.5 Å². The van der Waals surface area contributed by atoms with Gasteiger partial charge in [-0.05, 0) is 62.2 Å². The minimum absolute atomic E-state index is 0.0792. The first kappa shape index (κ1) is 17.1. The van der Waals surface area contributed by atoms with E-state index in [4.69, 9.17) is 33.7 Å². The number of halogens is 2. The van der Waals surface area contributed by atoms with Crippen LogP contribution in [0.1, 0.15) is 30.9 Å². The summed E-state index contributed by atoms with van der Waals surface area (Å²) in [6, 6.07) is 13.6. The Labute approximate surface area is 142 Å². The number of benzene rings is 2. The average molecular weight is 338 g/mol. The molecule has 1 atom stereocenters. The summed E-state index contributed by atoms with van der Waals surface area (Å²) in [6.45, 7) is 4.51. The standard InChI is InChI=1S/C18H21Cl2NO/c1-12(2)22-15-6-3-5-13(10-15)9-14(11-21)18-16(19)7-4-8-17(18)20/h3-8,10,12,14H,9,11,21H2,1-2H3. The maximum atomic E-state index is 6.30. The van der Waals surface area contributed by atoms with Crippen molar-refractivity contribution < 1.29 is 4.74 Å². The lowest BCUT2D eigenvalue weighted by molar-refractivity contribution is 0.242. The Kier molecular flexibility index (Phi) is 6.13. The van der Waals surface area contributed by atoms with Crippen LogP contribution in [0.2, 0.25) is 10.0 Å². The first-order valence-corrected chi connectivity index (χ1v) is 8.16. The van der Waals surface area contributed by atoms with Gasteiger partial charge in [-0.15, -0.1) is 0 Å². The van der Waals surface area contributed by atoms with E-state index in [0.29, 0.717) is 16.6 Å². The van der Waals surface area contributed by atoms with Crippen molar-refractivity contribution in [2.75, 3.05) is 6.54 Å². The summed E-state index contributed by atoms with van der Waals surface area (Å²) in [6.07, 6.45) is 0.925. The van der Waals surface area contributed by atoms with Crippen LogP contribution in [-0.4, -0.2) is 12.6 Å². The van der Waals surface area contributed by atoms with Crippen molar-refractivity contribution in [2.24, 2.45) is 5.73 Å². The van der Waals surface area contributed by atoms with Crippen molar-refractivity contribution in [3.63, 3.8) is 0 Å². The van der Waals surface area contributed by atoms with E-state index < -0.39 is 0 Å². The van der Waals surface area contributed by atoms with E-state index in [1.54, 1.807) is 0 Å². The summed E-state index contributed by atoms with van der Waals surface area (Å²) in [4.78, 5) is 0. The molecule has 0 aliphatic carbocycles. The molecule has 0 amide bonds. The topological polar surface area (TPSA) is 35.2 Å². The van der Waals surface area contributed by atoms with Gasteiger partial charge in [-0.2, -0.15) is 0 Å². The summed E-state index contributed by atoms with van der Waals surface area (Å²) in [7, 11) is 0. The Balaban J connectivity index is 2.24. The molecule has 0 aromatic heterocycles. The minimum atomic E-state index is 0.0792. The molecule has 1 unspecified atom stereocenters. The molecular weight excluding hydrogens is 317 g/mol. The molecule has 0 saturated heterocycles.